The van der Waals surface area contributed by atoms with E-state index in [4.69, 9.17) is 17.0 Å². The predicted molar refractivity (Wildman–Crippen MR) is 121 cm³/mol. The number of nitrogens with one attached hydrogen (secondary N) is 1. The van der Waals surface area contributed by atoms with Crippen molar-refractivity contribution in [1.82, 2.24) is 9.58 Å². The van der Waals surface area contributed by atoms with Crippen LogP contribution in [-0.4, -0.2) is 31.5 Å². The van der Waals surface area contributed by atoms with Crippen molar-refractivity contribution in [1.29, 1.82) is 5.41 Å². The predicted octanol–water partition coefficient (Wildman–Crippen LogP) is 4.94. The fourth-order valence-electron chi connectivity index (χ4n) is 3.26. The van der Waals surface area contributed by atoms with Gasteiger partial charge in [-0.25, -0.2) is 4.39 Å². The Morgan fingerprint density at radius 3 is 2.74 bits per heavy atom. The molecule has 2 aliphatic rings. The van der Waals surface area contributed by atoms with Crippen molar-refractivity contribution in [3.63, 3.8) is 0 Å². The second-order valence-electron chi connectivity index (χ2n) is 6.69. The van der Waals surface area contributed by atoms with E-state index < -0.39 is 11.7 Å². The third kappa shape index (κ3) is 3.49. The number of carbonyl (C=O) groups excluding carboxylic acids is 1. The molecule has 0 saturated heterocycles. The minimum Gasteiger partial charge on any atom is -0.317 e. The lowest BCUT2D eigenvalue weighted by Crippen LogP contribution is -2.35. The van der Waals surface area contributed by atoms with Crippen LogP contribution in [-0.2, 0) is 4.79 Å². The summed E-state index contributed by atoms with van der Waals surface area (Å²) >= 11 is 7.16. The number of carbonyl (C=O) groups is 1. The van der Waals surface area contributed by atoms with Gasteiger partial charge in [-0.1, -0.05) is 29.8 Å². The molecule has 31 heavy (non-hydrogen) atoms. The molecule has 0 fully saturated rings. The fourth-order valence-corrected chi connectivity index (χ4v) is 4.36. The molecule has 152 valence electrons. The topological polar surface area (TPSA) is 73.8 Å². The van der Waals surface area contributed by atoms with Gasteiger partial charge in [0.25, 0.3) is 5.91 Å². The van der Waals surface area contributed by atoms with E-state index in [1.54, 1.807) is 36.4 Å². The zero-order chi connectivity index (χ0) is 21.5. The Labute approximate surface area is 185 Å². The number of nitrogens with zero attached hydrogens (tertiary/aromatic N) is 4. The van der Waals surface area contributed by atoms with Crippen molar-refractivity contribution in [3.05, 3.63) is 94.5 Å². The Kier molecular flexibility index (Phi) is 4.80. The number of thioether (sulfide) groups is 1. The molecule has 0 atom stereocenters. The third-order valence-corrected chi connectivity index (χ3v) is 5.89. The summed E-state index contributed by atoms with van der Waals surface area (Å²) in [6.07, 6.45) is 3.43. The van der Waals surface area contributed by atoms with E-state index >= 15 is 0 Å². The first-order valence-corrected chi connectivity index (χ1v) is 10.4. The van der Waals surface area contributed by atoms with Crippen LogP contribution in [0, 0.1) is 11.2 Å². The lowest BCUT2D eigenvalue weighted by atomic mass is 10.1. The highest BCUT2D eigenvalue weighted by atomic mass is 35.5. The number of aliphatic imine (C=N–C) groups is 1. The van der Waals surface area contributed by atoms with Crippen molar-refractivity contribution in [2.75, 3.05) is 0 Å². The lowest BCUT2D eigenvalue weighted by Gasteiger charge is -2.20. The Bertz CT molecular complexity index is 1340. The third-order valence-electron chi connectivity index (χ3n) is 4.72. The summed E-state index contributed by atoms with van der Waals surface area (Å²) in [7, 11) is 0. The Hall–Kier alpha value is -3.49. The van der Waals surface area contributed by atoms with E-state index in [-0.39, 0.29) is 16.6 Å². The summed E-state index contributed by atoms with van der Waals surface area (Å²) in [4.78, 5) is 16.8. The van der Waals surface area contributed by atoms with Gasteiger partial charge < -0.3 is 4.57 Å². The van der Waals surface area contributed by atoms with Crippen molar-refractivity contribution < 1.29 is 9.18 Å². The van der Waals surface area contributed by atoms with Crippen LogP contribution in [0.1, 0.15) is 11.3 Å². The first-order chi connectivity index (χ1) is 15.0. The zero-order valence-corrected chi connectivity index (χ0v) is 17.4. The molecule has 0 radical (unpaired) electrons. The van der Waals surface area contributed by atoms with Crippen LogP contribution < -0.4 is 0 Å². The van der Waals surface area contributed by atoms with Gasteiger partial charge in [-0.05, 0) is 60.3 Å². The molecular weight excluding hydrogens is 437 g/mol. The maximum Gasteiger partial charge on any atom is 0.283 e. The van der Waals surface area contributed by atoms with Gasteiger partial charge in [-0.15, -0.1) is 0 Å². The largest absolute Gasteiger partial charge is 0.317 e. The van der Waals surface area contributed by atoms with Crippen molar-refractivity contribution in [2.24, 2.45) is 10.1 Å². The molecule has 0 unspecified atom stereocenters. The van der Waals surface area contributed by atoms with Crippen molar-refractivity contribution >= 4 is 51.4 Å². The second kappa shape index (κ2) is 7.64. The zero-order valence-electron chi connectivity index (χ0n) is 15.8. The van der Waals surface area contributed by atoms with Gasteiger partial charge in [0.2, 0.25) is 5.17 Å². The molecular formula is C22H13ClFN5OS. The number of fused-ring (bicyclic) bond motifs is 1. The maximum absolute atomic E-state index is 14.2. The van der Waals surface area contributed by atoms with Gasteiger partial charge in [0.15, 0.2) is 5.84 Å². The molecule has 0 spiro atoms. The van der Waals surface area contributed by atoms with Gasteiger partial charge in [0.05, 0.1) is 5.57 Å². The van der Waals surface area contributed by atoms with Crippen LogP contribution in [0.3, 0.4) is 0 Å². The van der Waals surface area contributed by atoms with Crippen LogP contribution in [0.15, 0.2) is 82.5 Å². The number of benzene rings is 2. The summed E-state index contributed by atoms with van der Waals surface area (Å²) in [6.45, 7) is 0. The smallest absolute Gasteiger partial charge is 0.283 e. The van der Waals surface area contributed by atoms with E-state index in [1.807, 2.05) is 35.0 Å². The van der Waals surface area contributed by atoms with Crippen LogP contribution in [0.4, 0.5) is 4.39 Å². The van der Waals surface area contributed by atoms with Crippen molar-refractivity contribution in [3.8, 4) is 5.69 Å². The molecule has 3 heterocycles. The SMILES string of the molecule is N=C1/C(=C/c2cccn2-c2cccc(Cl)c2)C(=O)N=C2SC(c3ccccc3F)=NN12. The lowest BCUT2D eigenvalue weighted by molar-refractivity contribution is -0.114. The summed E-state index contributed by atoms with van der Waals surface area (Å²) in [5, 5.41) is 15.3. The minimum absolute atomic E-state index is 0.0878. The highest BCUT2D eigenvalue weighted by Gasteiger charge is 2.36. The monoisotopic (exact) mass is 449 g/mol. The number of halogens is 2. The first kappa shape index (κ1) is 19.5. The summed E-state index contributed by atoms with van der Waals surface area (Å²) in [5.74, 6) is -1.09. The summed E-state index contributed by atoms with van der Waals surface area (Å²) in [5.41, 5.74) is 1.88. The normalized spacial score (nSPS) is 17.1. The molecule has 2 aromatic carbocycles. The van der Waals surface area contributed by atoms with Crippen LogP contribution in [0.5, 0.6) is 0 Å². The maximum atomic E-state index is 14.2. The van der Waals surface area contributed by atoms with Gasteiger partial charge >= 0.3 is 0 Å². The van der Waals surface area contributed by atoms with Crippen LogP contribution in [0.25, 0.3) is 11.8 Å². The van der Waals surface area contributed by atoms with Gasteiger partial charge in [-0.2, -0.15) is 15.1 Å². The van der Waals surface area contributed by atoms with E-state index in [9.17, 15) is 9.18 Å². The Morgan fingerprint density at radius 1 is 1.10 bits per heavy atom. The summed E-state index contributed by atoms with van der Waals surface area (Å²) < 4.78 is 16.0. The number of hydrogen-bond donors (Lipinski definition) is 1. The van der Waals surface area contributed by atoms with Crippen molar-refractivity contribution in [2.45, 2.75) is 0 Å². The van der Waals surface area contributed by atoms with Gasteiger partial charge in [0.1, 0.15) is 10.9 Å². The molecule has 1 aromatic heterocycles. The van der Waals surface area contributed by atoms with E-state index in [2.05, 4.69) is 10.1 Å². The number of rotatable bonds is 3. The molecule has 0 bridgehead atoms. The van der Waals surface area contributed by atoms with Gasteiger partial charge in [0, 0.05) is 28.2 Å². The molecule has 0 aliphatic carbocycles. The highest BCUT2D eigenvalue weighted by molar-refractivity contribution is 8.27. The number of hydrogen-bond acceptors (Lipinski definition) is 4. The molecule has 0 saturated carbocycles. The average Bonchev–Trinajstić information content (AvgIpc) is 3.38. The van der Waals surface area contributed by atoms with E-state index in [0.29, 0.717) is 21.3 Å². The number of hydrazone groups is 1. The van der Waals surface area contributed by atoms with Crippen LogP contribution >= 0.6 is 23.4 Å². The molecule has 6 nitrogen and oxygen atoms in total. The number of amides is 1. The minimum atomic E-state index is -0.549. The number of amidine groups is 2. The quantitative estimate of drug-likeness (QED) is 0.576. The number of aromatic nitrogens is 1. The molecule has 1 amide bonds. The first-order valence-electron chi connectivity index (χ1n) is 9.20. The summed E-state index contributed by atoms with van der Waals surface area (Å²) in [6, 6.07) is 17.2. The Morgan fingerprint density at radius 2 is 1.94 bits per heavy atom. The Balaban J connectivity index is 1.52. The fraction of sp³-hybridized carbons (Fsp3) is 0. The van der Waals surface area contributed by atoms with E-state index in [0.717, 1.165) is 17.4 Å². The molecule has 2 aliphatic heterocycles. The molecule has 1 N–H and O–H groups in total. The second-order valence-corrected chi connectivity index (χ2v) is 8.08. The highest BCUT2D eigenvalue weighted by Crippen LogP contribution is 2.32. The average molecular weight is 450 g/mol. The molecule has 3 aromatic rings. The standard InChI is InChI=1S/C22H13ClFN5OS/c23-13-5-3-6-14(11-13)28-10-4-7-15(28)12-17-19(25)29-22(26-20(17)30)31-21(27-29)16-8-1-2-9-18(16)24/h1-12,25H/b17-12-,25-19?. The van der Waals surface area contributed by atoms with Crippen LogP contribution in [0.2, 0.25) is 5.02 Å². The molecule has 9 heteroatoms. The van der Waals surface area contributed by atoms with Gasteiger partial charge in [-0.3, -0.25) is 10.2 Å². The molecule has 5 rings (SSSR count). The van der Waals surface area contributed by atoms with E-state index in [1.165, 1.54) is 11.1 Å².